The van der Waals surface area contributed by atoms with Crippen LogP contribution in [-0.4, -0.2) is 36.7 Å². The fourth-order valence-corrected chi connectivity index (χ4v) is 8.50. The number of benzene rings is 4. The minimum Gasteiger partial charge on any atom is -0.444 e. The zero-order valence-electron chi connectivity index (χ0n) is 30.8. The van der Waals surface area contributed by atoms with Crippen LogP contribution in [-0.2, 0) is 22.7 Å². The van der Waals surface area contributed by atoms with E-state index in [1.165, 1.54) is 29.3 Å². The zero-order chi connectivity index (χ0) is 37.3. The Morgan fingerprint density at radius 1 is 0.717 bits per heavy atom. The number of Topliss-reactive ketones (excluding diaryl/α,β-unsaturated/α-hetero) is 1. The number of anilines is 2. The molecule has 4 aromatic rings. The average molecular weight is 831 g/mol. The molecule has 280 valence electrons. The number of nitrogens with zero attached hydrogens (tertiary/aromatic N) is 2. The summed E-state index contributed by atoms with van der Waals surface area (Å²) in [5.74, 6) is 0.510. The molecule has 4 aliphatic rings. The minimum absolute atomic E-state index is 0. The third kappa shape index (κ3) is 8.62. The van der Waals surface area contributed by atoms with Gasteiger partial charge in [0.25, 0.3) is 0 Å². The van der Waals surface area contributed by atoms with Crippen molar-refractivity contribution in [3.63, 3.8) is 0 Å². The van der Waals surface area contributed by atoms with Gasteiger partial charge in [-0.2, -0.15) is 0 Å². The lowest BCUT2D eigenvalue weighted by molar-refractivity contribution is 0.0895. The lowest BCUT2D eigenvalue weighted by atomic mass is 9.82. The van der Waals surface area contributed by atoms with Crippen LogP contribution in [0.5, 0.6) is 0 Å². The minimum atomic E-state index is -0.365. The molecule has 2 heterocycles. The van der Waals surface area contributed by atoms with Gasteiger partial charge in [-0.3, -0.25) is 14.6 Å². The number of rotatable bonds is 6. The predicted octanol–water partition coefficient (Wildman–Crippen LogP) is 10.5. The second-order valence-electron chi connectivity index (χ2n) is 14.3. The van der Waals surface area contributed by atoms with Crippen molar-refractivity contribution in [3.05, 3.63) is 131 Å². The van der Waals surface area contributed by atoms with E-state index in [0.29, 0.717) is 35.9 Å². The Hall–Kier alpha value is -4.22. The fraction of sp³-hybridized carbons (Fsp3) is 0.386. The molecule has 0 saturated heterocycles. The van der Waals surface area contributed by atoms with Crippen molar-refractivity contribution in [3.8, 4) is 0 Å². The smallest absolute Gasteiger partial charge is 0.414 e. The average Bonchev–Trinajstić information content (AvgIpc) is 3.89. The van der Waals surface area contributed by atoms with E-state index >= 15 is 0 Å². The van der Waals surface area contributed by atoms with Gasteiger partial charge in [0.05, 0.1) is 17.4 Å². The molecule has 4 aromatic carbocycles. The van der Waals surface area contributed by atoms with Crippen LogP contribution in [0, 0.1) is 11.8 Å². The number of ketones is 1. The molecule has 2 fully saturated rings. The van der Waals surface area contributed by atoms with Crippen molar-refractivity contribution in [2.75, 3.05) is 9.80 Å². The van der Waals surface area contributed by atoms with Crippen molar-refractivity contribution in [1.82, 2.24) is 5.32 Å². The Labute approximate surface area is 331 Å². The summed E-state index contributed by atoms with van der Waals surface area (Å²) in [5.41, 5.74) is 5.50. The van der Waals surface area contributed by atoms with Crippen molar-refractivity contribution in [1.29, 1.82) is 0.594 Å². The van der Waals surface area contributed by atoms with Gasteiger partial charge in [0.1, 0.15) is 13.8 Å². The van der Waals surface area contributed by atoms with E-state index < -0.39 is 0 Å². The highest BCUT2D eigenvalue weighted by Crippen LogP contribution is 2.48. The number of ether oxygens (including phenoxy) is 2. The molecule has 0 spiro atoms. The summed E-state index contributed by atoms with van der Waals surface area (Å²) in [4.78, 5) is 42.2. The van der Waals surface area contributed by atoms with E-state index in [2.05, 4.69) is 37.4 Å². The molecule has 5 unspecified atom stereocenters. The fourth-order valence-electron chi connectivity index (χ4n) is 8.50. The van der Waals surface area contributed by atoms with E-state index in [1.807, 2.05) is 95.9 Å². The van der Waals surface area contributed by atoms with Gasteiger partial charge >= 0.3 is 12.2 Å². The highest BCUT2D eigenvalue weighted by atomic mass is 127. The number of carbonyl (C=O) groups excluding carboxylic acids is 3. The Bertz CT molecular complexity index is 1840. The third-order valence-electron chi connectivity index (χ3n) is 10.7. The topological polar surface area (TPSA) is 88.2 Å². The normalized spacial score (nSPS) is 22.2. The highest BCUT2D eigenvalue weighted by molar-refractivity contribution is 14.0. The second kappa shape index (κ2) is 18.2. The number of carbonyl (C=O) groups is 3. The van der Waals surface area contributed by atoms with Gasteiger partial charge in [-0.25, -0.2) is 9.59 Å². The first-order valence-corrected chi connectivity index (χ1v) is 18.4. The van der Waals surface area contributed by atoms with Crippen molar-refractivity contribution in [2.24, 2.45) is 11.8 Å². The molecule has 53 heavy (non-hydrogen) atoms. The maximum atomic E-state index is 13.1. The summed E-state index contributed by atoms with van der Waals surface area (Å²) in [6.45, 7) is 4.92. The zero-order valence-corrected chi connectivity index (χ0v) is 32.0. The number of halogens is 1. The van der Waals surface area contributed by atoms with E-state index in [1.54, 1.807) is 4.90 Å². The summed E-state index contributed by atoms with van der Waals surface area (Å²) in [5, 5.41) is 3.75. The first-order chi connectivity index (χ1) is 25.9. The highest BCUT2D eigenvalue weighted by Gasteiger charge is 2.47. The summed E-state index contributed by atoms with van der Waals surface area (Å²) in [7, 11) is 0. The van der Waals surface area contributed by atoms with Crippen LogP contribution in [0.2, 0.25) is 0 Å². The van der Waals surface area contributed by atoms with Gasteiger partial charge in [0, 0.05) is 29.6 Å². The molecule has 0 bridgehead atoms. The van der Waals surface area contributed by atoms with Gasteiger partial charge in [0.2, 0.25) is 0 Å². The van der Waals surface area contributed by atoms with Crippen molar-refractivity contribution in [2.45, 2.75) is 97.2 Å². The number of fused-ring (bicyclic) bond motifs is 4. The molecule has 2 aliphatic heterocycles. The Morgan fingerprint density at radius 2 is 1.23 bits per heavy atom. The first kappa shape index (κ1) is 38.5. The standard InChI is InChI=1S/C23H28N2O2.C20H19NO3.CH4.HI/c1-16(2)24-22-18-11-6-7-13-20(18)25(21-14-8-12-19(21)22)23(26)27-15-17-9-4-3-5-10-17;22-19-15-9-4-5-11-17(15)21(18-12-6-10-16(18)19)20(23)24-13-14-7-2-1-3-8-14;;/h3-7,9-11,13,16,19,21-22,24H,8,12,14-15H2,1-2H3;1-5,7-9,11,16,18H,6,10,12-13H2;1H4;1H/i/hD. The van der Waals surface area contributed by atoms with E-state index in [-0.39, 0.29) is 50.0 Å². The molecule has 9 heteroatoms. The molecule has 8 rings (SSSR count). The molecule has 0 aromatic heterocycles. The molecule has 8 nitrogen and oxygen atoms in total. The Kier molecular flexibility index (Phi) is 13.2. The summed E-state index contributed by atoms with van der Waals surface area (Å²) >= 11 is 1.40. The van der Waals surface area contributed by atoms with Crippen molar-refractivity contribution >= 4 is 53.1 Å². The van der Waals surface area contributed by atoms with Gasteiger partial charge in [-0.15, -0.1) is 23.8 Å². The maximum absolute atomic E-state index is 13.1. The van der Waals surface area contributed by atoms with Gasteiger partial charge < -0.3 is 14.8 Å². The van der Waals surface area contributed by atoms with Crippen LogP contribution in [0.1, 0.15) is 92.9 Å². The third-order valence-corrected chi connectivity index (χ3v) is 10.7. The van der Waals surface area contributed by atoms with Crippen molar-refractivity contribution < 1.29 is 23.9 Å². The molecule has 0 radical (unpaired) electrons. The molecule has 2 saturated carbocycles. The lowest BCUT2D eigenvalue weighted by Crippen LogP contribution is -2.51. The Morgan fingerprint density at radius 3 is 1.85 bits per heavy atom. The lowest BCUT2D eigenvalue weighted by Gasteiger charge is -2.44. The van der Waals surface area contributed by atoms with Crippen LogP contribution < -0.4 is 15.1 Å². The van der Waals surface area contributed by atoms with Crippen LogP contribution >= 0.6 is 23.8 Å². The SMILES string of the molecule is C.CC(C)NC1c2ccccc2N(C(=O)OCc2ccccc2)C2CCCC12.O=C1c2ccccc2N(C(=O)OCc2ccccc2)C2CCCC12.[2H]I. The molecular formula is C44H52IN3O5. The van der Waals surface area contributed by atoms with Crippen LogP contribution in [0.4, 0.5) is 21.0 Å². The monoisotopic (exact) mass is 830 g/mol. The van der Waals surface area contributed by atoms with E-state index in [4.69, 9.17) is 10.1 Å². The number of hydrogen-bond donors (Lipinski definition) is 1. The summed E-state index contributed by atoms with van der Waals surface area (Å²) in [6, 6.07) is 36.0. The molecular weight excluding hydrogens is 777 g/mol. The van der Waals surface area contributed by atoms with E-state index in [0.717, 1.165) is 55.3 Å². The molecule has 2 amide bonds. The van der Waals surface area contributed by atoms with Gasteiger partial charge in [-0.05, 0) is 66.5 Å². The summed E-state index contributed by atoms with van der Waals surface area (Å²) < 4.78 is 17.0. The number of nitrogens with one attached hydrogen (secondary N) is 1. The quantitative estimate of drug-likeness (QED) is 0.195. The predicted molar refractivity (Wildman–Crippen MR) is 221 cm³/mol. The van der Waals surface area contributed by atoms with Gasteiger partial charge in [-0.1, -0.05) is 125 Å². The maximum Gasteiger partial charge on any atom is 0.414 e. The number of para-hydroxylation sites is 2. The van der Waals surface area contributed by atoms with E-state index in [9.17, 15) is 14.4 Å². The molecule has 2 aliphatic carbocycles. The molecule has 1 N–H and O–H groups in total. The van der Waals surface area contributed by atoms with Crippen LogP contribution in [0.15, 0.2) is 109 Å². The first-order valence-electron chi connectivity index (χ1n) is 18.8. The van der Waals surface area contributed by atoms with Crippen LogP contribution in [0.3, 0.4) is 0 Å². The molecule has 5 atom stereocenters. The number of hydrogen-bond acceptors (Lipinski definition) is 6. The second-order valence-corrected chi connectivity index (χ2v) is 14.3. The Balaban J connectivity index is 0.000000196. The number of amides is 2. The van der Waals surface area contributed by atoms with Gasteiger partial charge in [0.15, 0.2) is 5.78 Å². The summed E-state index contributed by atoms with van der Waals surface area (Å²) in [6.07, 6.45) is 5.41. The van der Waals surface area contributed by atoms with Crippen LogP contribution in [0.25, 0.3) is 0 Å². The largest absolute Gasteiger partial charge is 0.444 e.